The van der Waals surface area contributed by atoms with Crippen molar-refractivity contribution in [1.29, 1.82) is 0 Å². The molecule has 0 aliphatic heterocycles. The Hall–Kier alpha value is -7.88. The first-order chi connectivity index (χ1) is 44.6. The summed E-state index contributed by atoms with van der Waals surface area (Å²) < 4.78 is 0. The first-order valence-corrected chi connectivity index (χ1v) is 33.0. The van der Waals surface area contributed by atoms with Gasteiger partial charge in [0.1, 0.15) is 54.4 Å². The lowest BCUT2D eigenvalue weighted by Gasteiger charge is -2.30. The summed E-state index contributed by atoms with van der Waals surface area (Å²) in [4.78, 5) is 142. The molecule has 26 heteroatoms. The molecule has 23 N–H and O–H groups in total. The van der Waals surface area contributed by atoms with Crippen molar-refractivity contribution in [2.24, 2.45) is 52.0 Å². The van der Waals surface area contributed by atoms with Crippen LogP contribution in [0.4, 0.5) is 0 Å². The van der Waals surface area contributed by atoms with Crippen molar-refractivity contribution >= 4 is 59.1 Å². The van der Waals surface area contributed by atoms with Crippen LogP contribution < -0.4 is 88.0 Å². The third-order valence-electron chi connectivity index (χ3n) is 15.9. The Bertz CT molecular complexity index is 2750. The standard InChI is InChI=1S/C67H108N16O10/c1-43(2)56(83-67(93)57(44(3)4)82-62(88)52(34-18-23-39-72)76-59(85)48(73)30-14-19-35-68)66(92)81-55(42-47-28-12-7-13-29-47)65(91)78-51(33-17-22-38-71)61(87)80-54(41-46-26-10-6-11-27-46)64(90)77-50(32-16-21-37-70)60(86)79-53(40-45-24-8-5-9-25-45)63(89)75-49(58(74)84)31-15-20-36-69/h5-13,24-29,43-44,48-57H,14-23,30-42,68-73H2,1-4H3,(H2,74,84)(H,75,89)(H,76,85)(H,77,90)(H,78,91)(H,79,86)(H,80,87)(H,81,92)(H,82,88)(H,83,93)/t48-,49-,50-,51-,52-,53-,54-,55-,56-,57-/m0/s1. The fraction of sp³-hybridized carbons (Fsp3) is 0.582. The van der Waals surface area contributed by atoms with Crippen molar-refractivity contribution in [3.8, 4) is 0 Å². The molecule has 0 saturated carbocycles. The highest BCUT2D eigenvalue weighted by Gasteiger charge is 2.37. The van der Waals surface area contributed by atoms with Gasteiger partial charge in [0.25, 0.3) is 0 Å². The number of unbranched alkanes of at least 4 members (excludes halogenated alkanes) is 5. The van der Waals surface area contributed by atoms with Crippen LogP contribution in [0.3, 0.4) is 0 Å². The first kappa shape index (κ1) is 79.4. The number of primary amides is 1. The van der Waals surface area contributed by atoms with E-state index in [9.17, 15) is 47.9 Å². The summed E-state index contributed by atoms with van der Waals surface area (Å²) >= 11 is 0. The van der Waals surface area contributed by atoms with Gasteiger partial charge in [-0.1, -0.05) is 125 Å². The molecule has 0 aliphatic carbocycles. The van der Waals surface area contributed by atoms with Crippen LogP contribution in [0.5, 0.6) is 0 Å². The summed E-state index contributed by atoms with van der Waals surface area (Å²) in [7, 11) is 0. The minimum absolute atomic E-state index is 0.0134. The highest BCUT2D eigenvalue weighted by molar-refractivity contribution is 5.99. The quantitative estimate of drug-likeness (QED) is 0.0327. The van der Waals surface area contributed by atoms with E-state index in [1.807, 2.05) is 0 Å². The number of nitrogens with two attached hydrogens (primary N) is 7. The zero-order valence-corrected chi connectivity index (χ0v) is 55.0. The highest BCUT2D eigenvalue weighted by Crippen LogP contribution is 2.15. The van der Waals surface area contributed by atoms with Gasteiger partial charge in [0.05, 0.1) is 6.04 Å². The van der Waals surface area contributed by atoms with Crippen molar-refractivity contribution in [3.05, 3.63) is 108 Å². The molecule has 0 bridgehead atoms. The largest absolute Gasteiger partial charge is 0.368 e. The van der Waals surface area contributed by atoms with Gasteiger partial charge in [-0.2, -0.15) is 0 Å². The molecule has 0 unspecified atom stereocenters. The third-order valence-corrected chi connectivity index (χ3v) is 15.9. The van der Waals surface area contributed by atoms with Gasteiger partial charge in [0.2, 0.25) is 59.1 Å². The predicted octanol–water partition coefficient (Wildman–Crippen LogP) is -0.153. The summed E-state index contributed by atoms with van der Waals surface area (Å²) in [5, 5.41) is 25.2. The first-order valence-electron chi connectivity index (χ1n) is 33.0. The molecule has 0 saturated heterocycles. The van der Waals surface area contributed by atoms with Crippen LogP contribution >= 0.6 is 0 Å². The maximum absolute atomic E-state index is 14.9. The van der Waals surface area contributed by atoms with Crippen LogP contribution in [0.1, 0.15) is 141 Å². The SMILES string of the molecule is CC(C)[C@H](NC(=O)[C@H](CCCCN)NC(=O)[C@@H](N)CCCCN)C(=O)N[C@H](C(=O)N[C@@H](Cc1ccccc1)C(=O)N[C@@H](CCCCN)C(=O)N[C@@H](Cc1ccccc1)C(=O)N[C@@H](CCCCN)C(=O)N[C@@H](Cc1ccccc1)C(=O)N[C@@H](CCCCN)C(N)=O)C(C)C. The zero-order chi connectivity index (χ0) is 68.7. The van der Waals surface area contributed by atoms with Gasteiger partial charge in [-0.15, -0.1) is 0 Å². The van der Waals surface area contributed by atoms with E-state index in [4.69, 9.17) is 40.1 Å². The van der Waals surface area contributed by atoms with E-state index in [0.717, 1.165) is 0 Å². The maximum Gasteiger partial charge on any atom is 0.243 e. The van der Waals surface area contributed by atoms with E-state index in [0.29, 0.717) is 107 Å². The topological polar surface area (TPSA) is 461 Å². The van der Waals surface area contributed by atoms with E-state index in [1.165, 1.54) is 0 Å². The van der Waals surface area contributed by atoms with Crippen LogP contribution in [0, 0.1) is 11.8 Å². The molecule has 3 rings (SSSR count). The van der Waals surface area contributed by atoms with Crippen molar-refractivity contribution in [3.63, 3.8) is 0 Å². The van der Waals surface area contributed by atoms with E-state index >= 15 is 0 Å². The molecule has 516 valence electrons. The zero-order valence-electron chi connectivity index (χ0n) is 55.0. The molecule has 0 aliphatic rings. The molecule has 0 fully saturated rings. The monoisotopic (exact) mass is 1300 g/mol. The Kier molecular flexibility index (Phi) is 38.1. The Morgan fingerprint density at radius 3 is 0.849 bits per heavy atom. The molecule has 0 spiro atoms. The predicted molar refractivity (Wildman–Crippen MR) is 359 cm³/mol. The summed E-state index contributed by atoms with van der Waals surface area (Å²) in [6, 6.07) is 14.6. The van der Waals surface area contributed by atoms with Crippen molar-refractivity contribution in [1.82, 2.24) is 47.9 Å². The normalized spacial score (nSPS) is 14.5. The summed E-state index contributed by atoms with van der Waals surface area (Å²) in [5.41, 5.74) is 42.7. The second-order valence-corrected chi connectivity index (χ2v) is 24.4. The number of nitrogens with one attached hydrogen (secondary N) is 9. The molecular formula is C67H108N16O10. The molecule has 26 nitrogen and oxygen atoms in total. The van der Waals surface area contributed by atoms with Gasteiger partial charge in [-0.05, 0) is 151 Å². The minimum atomic E-state index is -1.35. The molecule has 0 heterocycles. The highest BCUT2D eigenvalue weighted by atomic mass is 16.2. The number of rotatable bonds is 47. The molecule has 10 amide bonds. The molecule has 0 aromatic heterocycles. The Balaban J connectivity index is 1.98. The number of amides is 10. The lowest BCUT2D eigenvalue weighted by atomic mass is 9.98. The fourth-order valence-corrected chi connectivity index (χ4v) is 10.3. The number of carbonyl (C=O) groups is 10. The molecule has 3 aromatic rings. The lowest BCUT2D eigenvalue weighted by Crippen LogP contribution is -2.62. The number of benzene rings is 3. The molecule has 3 aromatic carbocycles. The maximum atomic E-state index is 14.9. The van der Waals surface area contributed by atoms with E-state index < -0.39 is 131 Å². The molecule has 0 radical (unpaired) electrons. The lowest BCUT2D eigenvalue weighted by molar-refractivity contribution is -0.136. The van der Waals surface area contributed by atoms with E-state index in [-0.39, 0.29) is 58.0 Å². The van der Waals surface area contributed by atoms with Crippen molar-refractivity contribution in [2.75, 3.05) is 32.7 Å². The number of hydrogen-bond acceptors (Lipinski definition) is 16. The van der Waals surface area contributed by atoms with Gasteiger partial charge in [0, 0.05) is 19.3 Å². The van der Waals surface area contributed by atoms with Crippen molar-refractivity contribution < 1.29 is 47.9 Å². The van der Waals surface area contributed by atoms with Gasteiger partial charge < -0.3 is 88.0 Å². The second-order valence-electron chi connectivity index (χ2n) is 24.4. The van der Waals surface area contributed by atoms with E-state index in [1.54, 1.807) is 119 Å². The van der Waals surface area contributed by atoms with Crippen LogP contribution in [-0.4, -0.2) is 152 Å². The third kappa shape index (κ3) is 30.2. The smallest absolute Gasteiger partial charge is 0.243 e. The minimum Gasteiger partial charge on any atom is -0.368 e. The van der Waals surface area contributed by atoms with Crippen LogP contribution in [0.15, 0.2) is 91.0 Å². The van der Waals surface area contributed by atoms with Gasteiger partial charge >= 0.3 is 0 Å². The Labute approximate surface area is 548 Å². The summed E-state index contributed by atoms with van der Waals surface area (Å²) in [5.74, 6) is -8.12. The molecular weight excluding hydrogens is 1190 g/mol. The average molecular weight is 1300 g/mol. The van der Waals surface area contributed by atoms with Crippen molar-refractivity contribution in [2.45, 2.75) is 204 Å². The van der Waals surface area contributed by atoms with Gasteiger partial charge in [-0.3, -0.25) is 47.9 Å². The number of carbonyl (C=O) groups excluding carboxylic acids is 10. The van der Waals surface area contributed by atoms with Crippen LogP contribution in [0.2, 0.25) is 0 Å². The Morgan fingerprint density at radius 2 is 0.538 bits per heavy atom. The van der Waals surface area contributed by atoms with Gasteiger partial charge in [-0.25, -0.2) is 0 Å². The van der Waals surface area contributed by atoms with E-state index in [2.05, 4.69) is 47.9 Å². The Morgan fingerprint density at radius 1 is 0.301 bits per heavy atom. The van der Waals surface area contributed by atoms with Crippen LogP contribution in [-0.2, 0) is 67.2 Å². The number of hydrogen-bond donors (Lipinski definition) is 16. The average Bonchev–Trinajstić information content (AvgIpc) is 1.03. The molecule has 93 heavy (non-hydrogen) atoms. The summed E-state index contributed by atoms with van der Waals surface area (Å²) in [6.07, 6.45) is 5.94. The van der Waals surface area contributed by atoms with Gasteiger partial charge in [0.15, 0.2) is 0 Å². The fourth-order valence-electron chi connectivity index (χ4n) is 10.3. The second kappa shape index (κ2) is 44.6. The van der Waals surface area contributed by atoms with Crippen LogP contribution in [0.25, 0.3) is 0 Å². The summed E-state index contributed by atoms with van der Waals surface area (Å²) in [6.45, 7) is 8.54. The molecule has 10 atom stereocenters.